The van der Waals surface area contributed by atoms with Crippen molar-refractivity contribution in [2.24, 2.45) is 11.1 Å². The predicted molar refractivity (Wildman–Crippen MR) is 165 cm³/mol. The zero-order valence-electron chi connectivity index (χ0n) is 24.4. The molecule has 2 aromatic carbocycles. The van der Waals surface area contributed by atoms with Gasteiger partial charge in [-0.25, -0.2) is 0 Å². The summed E-state index contributed by atoms with van der Waals surface area (Å²) in [6.45, 7) is 11.2. The molecule has 3 heterocycles. The number of benzene rings is 2. The smallest absolute Gasteiger partial charge is 0.240 e. The molecule has 2 aromatic rings. The first-order chi connectivity index (χ1) is 19.5. The van der Waals surface area contributed by atoms with Gasteiger partial charge in [0.1, 0.15) is 0 Å². The molecule has 3 fully saturated rings. The van der Waals surface area contributed by atoms with E-state index in [4.69, 9.17) is 28.9 Å². The second-order valence-corrected chi connectivity index (χ2v) is 14.0. The molecule has 0 saturated carbocycles. The lowest BCUT2D eigenvalue weighted by atomic mass is 9.68. The van der Waals surface area contributed by atoms with Gasteiger partial charge in [-0.15, -0.1) is 0 Å². The van der Waals surface area contributed by atoms with Crippen molar-refractivity contribution in [3.8, 4) is 0 Å². The molecule has 41 heavy (non-hydrogen) atoms. The highest BCUT2D eigenvalue weighted by atomic mass is 35.5. The van der Waals surface area contributed by atoms with Gasteiger partial charge < -0.3 is 20.9 Å². The Labute approximate surface area is 254 Å². The lowest BCUT2D eigenvalue weighted by Gasteiger charge is -2.40. The molecule has 4 atom stereocenters. The van der Waals surface area contributed by atoms with Crippen molar-refractivity contribution >= 4 is 35.0 Å². The minimum atomic E-state index is -0.882. The van der Waals surface area contributed by atoms with E-state index in [0.29, 0.717) is 42.8 Å². The fourth-order valence-electron chi connectivity index (χ4n) is 6.87. The lowest BCUT2D eigenvalue weighted by Crippen LogP contribution is -2.55. The van der Waals surface area contributed by atoms with Gasteiger partial charge in [-0.3, -0.25) is 14.5 Å². The molecule has 3 saturated heterocycles. The number of likely N-dealkylation sites (tertiary alicyclic amines) is 1. The third-order valence-electron chi connectivity index (χ3n) is 8.94. The summed E-state index contributed by atoms with van der Waals surface area (Å²) in [5.41, 5.74) is 8.50. The van der Waals surface area contributed by atoms with E-state index in [2.05, 4.69) is 31.0 Å². The number of nitrogens with one attached hydrogen (secondary N) is 1. The minimum absolute atomic E-state index is 0.0287. The first-order valence-electron chi connectivity index (χ1n) is 14.8. The van der Waals surface area contributed by atoms with Crippen LogP contribution in [0.15, 0.2) is 48.5 Å². The summed E-state index contributed by atoms with van der Waals surface area (Å²) in [5.74, 6) is -0.112. The summed E-state index contributed by atoms with van der Waals surface area (Å²) in [6.07, 6.45) is 2.95. The summed E-state index contributed by atoms with van der Waals surface area (Å²) in [5, 5.41) is 4.99. The van der Waals surface area contributed by atoms with Crippen molar-refractivity contribution < 1.29 is 9.59 Å². The maximum atomic E-state index is 14.4. The van der Waals surface area contributed by atoms with Crippen LogP contribution >= 0.6 is 23.2 Å². The van der Waals surface area contributed by atoms with Gasteiger partial charge in [0.15, 0.2) is 0 Å². The number of carbonyl (C=O) groups is 2. The van der Waals surface area contributed by atoms with E-state index in [1.165, 1.54) is 0 Å². The molecule has 3 aliphatic rings. The number of hydrogen-bond acceptors (Lipinski definition) is 5. The predicted octanol–water partition coefficient (Wildman–Crippen LogP) is 4.47. The number of nitrogens with zero attached hydrogens (tertiary/aromatic N) is 3. The van der Waals surface area contributed by atoms with Crippen LogP contribution < -0.4 is 11.1 Å². The molecule has 3 aliphatic heterocycles. The Kier molecular flexibility index (Phi) is 9.03. The van der Waals surface area contributed by atoms with Gasteiger partial charge in [0.05, 0.1) is 18.1 Å². The zero-order chi connectivity index (χ0) is 29.4. The fraction of sp³-hybridized carbons (Fsp3) is 0.562. The van der Waals surface area contributed by atoms with E-state index >= 15 is 0 Å². The number of piperazine rings is 1. The second-order valence-electron chi connectivity index (χ2n) is 13.1. The summed E-state index contributed by atoms with van der Waals surface area (Å²) < 4.78 is 0. The number of amides is 2. The van der Waals surface area contributed by atoms with Crippen LogP contribution in [-0.4, -0.2) is 84.4 Å². The van der Waals surface area contributed by atoms with Crippen molar-refractivity contribution in [3.05, 3.63) is 69.7 Å². The average Bonchev–Trinajstić information content (AvgIpc) is 3.56. The third kappa shape index (κ3) is 6.60. The quantitative estimate of drug-likeness (QED) is 0.512. The van der Waals surface area contributed by atoms with Crippen LogP contribution in [0.2, 0.25) is 10.0 Å². The Morgan fingerprint density at radius 1 is 0.927 bits per heavy atom. The molecule has 5 rings (SSSR count). The van der Waals surface area contributed by atoms with E-state index in [1.807, 2.05) is 58.3 Å². The highest BCUT2D eigenvalue weighted by Gasteiger charge is 2.57. The average molecular weight is 601 g/mol. The van der Waals surface area contributed by atoms with Crippen LogP contribution in [0.3, 0.4) is 0 Å². The normalized spacial score (nSPS) is 27.4. The topological polar surface area (TPSA) is 81.9 Å². The third-order valence-corrected chi connectivity index (χ3v) is 9.43. The summed E-state index contributed by atoms with van der Waals surface area (Å²) in [6, 6.07) is 14.7. The van der Waals surface area contributed by atoms with Crippen LogP contribution in [0.25, 0.3) is 0 Å². The van der Waals surface area contributed by atoms with Crippen molar-refractivity contribution in [3.63, 3.8) is 0 Å². The number of halogens is 2. The van der Waals surface area contributed by atoms with E-state index in [-0.39, 0.29) is 29.2 Å². The Balaban J connectivity index is 1.42. The Morgan fingerprint density at radius 2 is 1.59 bits per heavy atom. The lowest BCUT2D eigenvalue weighted by molar-refractivity contribution is -0.136. The van der Waals surface area contributed by atoms with Crippen LogP contribution in [0.1, 0.15) is 57.1 Å². The van der Waals surface area contributed by atoms with Gasteiger partial charge in [-0.2, -0.15) is 0 Å². The van der Waals surface area contributed by atoms with Gasteiger partial charge in [-0.1, -0.05) is 68.2 Å². The molecule has 4 unspecified atom stereocenters. The van der Waals surface area contributed by atoms with Crippen molar-refractivity contribution in [2.45, 2.75) is 63.6 Å². The van der Waals surface area contributed by atoms with Gasteiger partial charge in [0, 0.05) is 61.3 Å². The molecular formula is C32H43Cl2N5O2. The largest absolute Gasteiger partial charge is 0.342 e. The van der Waals surface area contributed by atoms with Crippen molar-refractivity contribution in [1.82, 2.24) is 20.0 Å². The first-order valence-corrected chi connectivity index (χ1v) is 15.6. The molecule has 7 nitrogen and oxygen atoms in total. The van der Waals surface area contributed by atoms with Crippen molar-refractivity contribution in [1.29, 1.82) is 0 Å². The summed E-state index contributed by atoms with van der Waals surface area (Å²) in [7, 11) is 0. The fourth-order valence-corrected chi connectivity index (χ4v) is 7.19. The molecular weight excluding hydrogens is 557 g/mol. The molecule has 0 radical (unpaired) electrons. The number of carbonyl (C=O) groups excluding carboxylic acids is 2. The molecule has 0 aliphatic carbocycles. The molecule has 0 spiro atoms. The number of rotatable bonds is 6. The van der Waals surface area contributed by atoms with E-state index in [0.717, 1.165) is 43.5 Å². The number of hydrogen-bond donors (Lipinski definition) is 2. The maximum absolute atomic E-state index is 14.4. The summed E-state index contributed by atoms with van der Waals surface area (Å²) >= 11 is 12.8. The molecule has 0 bridgehead atoms. The van der Waals surface area contributed by atoms with Gasteiger partial charge in [0.2, 0.25) is 11.8 Å². The standard InChI is InChI=1S/C32H43Cl2N5O2/c1-31(2,3)20-26-32(35,23-9-11-24(33)12-10-23)28(22-7-6-8-25(34)19-22)29(36-26)30(41)39-17-15-37(16-18-39)21-27(40)38-13-4-5-14-38/h6-12,19,26,28-29,36H,4-5,13-18,20-21,35H2,1-3H3. The Hall–Kier alpha value is -2.16. The monoisotopic (exact) mass is 599 g/mol. The summed E-state index contributed by atoms with van der Waals surface area (Å²) in [4.78, 5) is 33.1. The SMILES string of the molecule is CC(C)(C)CC1NC(C(=O)N2CCN(CC(=O)N3CCCC3)CC2)C(c2cccc(Cl)c2)C1(N)c1ccc(Cl)cc1. The van der Waals surface area contributed by atoms with E-state index in [1.54, 1.807) is 0 Å². The zero-order valence-corrected chi connectivity index (χ0v) is 25.9. The molecule has 0 aromatic heterocycles. The van der Waals surface area contributed by atoms with Gasteiger partial charge in [0.25, 0.3) is 0 Å². The Morgan fingerprint density at radius 3 is 2.20 bits per heavy atom. The van der Waals surface area contributed by atoms with E-state index in [9.17, 15) is 9.59 Å². The van der Waals surface area contributed by atoms with Crippen molar-refractivity contribution in [2.75, 3.05) is 45.8 Å². The van der Waals surface area contributed by atoms with Crippen LogP contribution in [-0.2, 0) is 15.1 Å². The van der Waals surface area contributed by atoms with Crippen LogP contribution in [0.4, 0.5) is 0 Å². The second kappa shape index (κ2) is 12.2. The highest BCUT2D eigenvalue weighted by molar-refractivity contribution is 6.30. The Bertz CT molecular complexity index is 1240. The molecule has 3 N–H and O–H groups in total. The van der Waals surface area contributed by atoms with Crippen LogP contribution in [0.5, 0.6) is 0 Å². The van der Waals surface area contributed by atoms with E-state index < -0.39 is 11.6 Å². The molecule has 9 heteroatoms. The minimum Gasteiger partial charge on any atom is -0.342 e. The van der Waals surface area contributed by atoms with Gasteiger partial charge in [-0.05, 0) is 60.1 Å². The maximum Gasteiger partial charge on any atom is 0.240 e. The number of nitrogens with two attached hydrogens (primary N) is 1. The van der Waals surface area contributed by atoms with Gasteiger partial charge >= 0.3 is 0 Å². The molecule has 2 amide bonds. The highest BCUT2D eigenvalue weighted by Crippen LogP contribution is 2.48. The first kappa shape index (κ1) is 30.3. The molecule has 222 valence electrons. The van der Waals surface area contributed by atoms with Crippen LogP contribution in [0, 0.1) is 5.41 Å².